The topological polar surface area (TPSA) is 21.3 Å². The van der Waals surface area contributed by atoms with Gasteiger partial charge in [-0.25, -0.2) is 0 Å². The van der Waals surface area contributed by atoms with Gasteiger partial charge >= 0.3 is 0 Å². The monoisotopic (exact) mass is 333 g/mol. The average Bonchev–Trinajstić information content (AvgIpc) is 2.41. The van der Waals surface area contributed by atoms with Crippen LogP contribution in [0.2, 0.25) is 0 Å². The number of ether oxygens (including phenoxy) is 1. The maximum absolute atomic E-state index is 5.84. The second-order valence-corrected chi connectivity index (χ2v) is 5.90. The minimum atomic E-state index is 0.164. The van der Waals surface area contributed by atoms with E-state index < -0.39 is 0 Å². The van der Waals surface area contributed by atoms with E-state index in [1.165, 1.54) is 5.56 Å². The smallest absolute Gasteiger partial charge is 0.142 e. The first kappa shape index (κ1) is 14.9. The van der Waals surface area contributed by atoms with Gasteiger partial charge in [-0.2, -0.15) is 0 Å². The molecule has 2 rings (SSSR count). The molecule has 0 saturated heterocycles. The molecule has 2 aromatic rings. The highest BCUT2D eigenvalue weighted by Gasteiger charge is 2.11. The maximum Gasteiger partial charge on any atom is 0.142 e. The summed E-state index contributed by atoms with van der Waals surface area (Å²) in [7, 11) is 0. The van der Waals surface area contributed by atoms with E-state index in [0.717, 1.165) is 15.9 Å². The number of halogens is 1. The number of anilines is 1. The Morgan fingerprint density at radius 2 is 1.60 bits per heavy atom. The zero-order valence-electron chi connectivity index (χ0n) is 12.1. The molecular weight excluding hydrogens is 314 g/mol. The second-order valence-electron chi connectivity index (χ2n) is 5.05. The van der Waals surface area contributed by atoms with Gasteiger partial charge in [0.2, 0.25) is 0 Å². The number of hydrogen-bond acceptors (Lipinski definition) is 2. The van der Waals surface area contributed by atoms with Crippen molar-refractivity contribution in [2.24, 2.45) is 0 Å². The van der Waals surface area contributed by atoms with Crippen LogP contribution in [0, 0.1) is 0 Å². The van der Waals surface area contributed by atoms with Crippen molar-refractivity contribution < 1.29 is 4.74 Å². The van der Waals surface area contributed by atoms with Crippen molar-refractivity contribution in [1.82, 2.24) is 0 Å². The van der Waals surface area contributed by atoms with E-state index in [4.69, 9.17) is 4.74 Å². The lowest BCUT2D eigenvalue weighted by Gasteiger charge is -2.20. The van der Waals surface area contributed by atoms with Crippen molar-refractivity contribution in [2.45, 2.75) is 32.9 Å². The predicted molar refractivity (Wildman–Crippen MR) is 88.4 cm³/mol. The molecule has 0 bridgehead atoms. The summed E-state index contributed by atoms with van der Waals surface area (Å²) >= 11 is 3.60. The fraction of sp³-hybridized carbons (Fsp3) is 0.294. The van der Waals surface area contributed by atoms with Crippen LogP contribution in [0.4, 0.5) is 5.69 Å². The lowest BCUT2D eigenvalue weighted by Crippen LogP contribution is -2.11. The molecule has 0 fully saturated rings. The standard InChI is InChI=1S/C17H20BrNO/c1-12(2)20-17-11-7-6-10-16(17)19-13(3)14-8-4-5-9-15(14)18/h4-13,19H,1-3H3. The lowest BCUT2D eigenvalue weighted by molar-refractivity contribution is 0.243. The highest BCUT2D eigenvalue weighted by atomic mass is 79.9. The first-order valence-electron chi connectivity index (χ1n) is 6.84. The van der Waals surface area contributed by atoms with E-state index >= 15 is 0 Å². The number of benzene rings is 2. The van der Waals surface area contributed by atoms with E-state index in [0.29, 0.717) is 0 Å². The molecule has 2 nitrogen and oxygen atoms in total. The molecule has 1 unspecified atom stereocenters. The van der Waals surface area contributed by atoms with E-state index in [1.54, 1.807) is 0 Å². The molecule has 1 N–H and O–H groups in total. The minimum absolute atomic E-state index is 0.164. The molecule has 0 aliphatic heterocycles. The first-order valence-corrected chi connectivity index (χ1v) is 7.64. The molecule has 2 aromatic carbocycles. The van der Waals surface area contributed by atoms with Gasteiger partial charge in [0.25, 0.3) is 0 Å². The quantitative estimate of drug-likeness (QED) is 0.789. The molecule has 0 aliphatic carbocycles. The van der Waals surface area contributed by atoms with Crippen LogP contribution in [-0.4, -0.2) is 6.10 Å². The molecule has 0 radical (unpaired) electrons. The van der Waals surface area contributed by atoms with Gasteiger partial charge in [-0.15, -0.1) is 0 Å². The average molecular weight is 334 g/mol. The molecule has 0 heterocycles. The van der Waals surface area contributed by atoms with Gasteiger partial charge in [0.05, 0.1) is 11.8 Å². The van der Waals surface area contributed by atoms with Crippen LogP contribution in [0.3, 0.4) is 0 Å². The van der Waals surface area contributed by atoms with Gasteiger partial charge in [-0.3, -0.25) is 0 Å². The summed E-state index contributed by atoms with van der Waals surface area (Å²) in [6.45, 7) is 6.22. The van der Waals surface area contributed by atoms with Gasteiger partial charge < -0.3 is 10.1 Å². The SMILES string of the molecule is CC(C)Oc1ccccc1NC(C)c1ccccc1Br. The third-order valence-corrected chi connectivity index (χ3v) is 3.72. The third kappa shape index (κ3) is 3.76. The molecule has 106 valence electrons. The van der Waals surface area contributed by atoms with E-state index in [-0.39, 0.29) is 12.1 Å². The van der Waals surface area contributed by atoms with Crippen LogP contribution < -0.4 is 10.1 Å². The van der Waals surface area contributed by atoms with E-state index in [1.807, 2.05) is 44.2 Å². The Hall–Kier alpha value is -1.48. The summed E-state index contributed by atoms with van der Waals surface area (Å²) in [4.78, 5) is 0. The molecule has 0 amide bonds. The molecule has 3 heteroatoms. The third-order valence-electron chi connectivity index (χ3n) is 2.99. The van der Waals surface area contributed by atoms with Gasteiger partial charge in [-0.1, -0.05) is 46.3 Å². The van der Waals surface area contributed by atoms with Crippen LogP contribution in [0.25, 0.3) is 0 Å². The molecule has 20 heavy (non-hydrogen) atoms. The van der Waals surface area contributed by atoms with Crippen LogP contribution in [0.5, 0.6) is 5.75 Å². The van der Waals surface area contributed by atoms with Gasteiger partial charge in [-0.05, 0) is 44.5 Å². The summed E-state index contributed by atoms with van der Waals surface area (Å²) in [6.07, 6.45) is 0.164. The Morgan fingerprint density at radius 1 is 0.950 bits per heavy atom. The Morgan fingerprint density at radius 3 is 2.30 bits per heavy atom. The van der Waals surface area contributed by atoms with Crippen LogP contribution in [-0.2, 0) is 0 Å². The van der Waals surface area contributed by atoms with Crippen LogP contribution in [0.15, 0.2) is 53.0 Å². The minimum Gasteiger partial charge on any atom is -0.489 e. The molecular formula is C17H20BrNO. The fourth-order valence-corrected chi connectivity index (χ4v) is 2.71. The summed E-state index contributed by atoms with van der Waals surface area (Å²) in [5.41, 5.74) is 2.25. The maximum atomic E-state index is 5.84. The first-order chi connectivity index (χ1) is 9.58. The Labute approximate surface area is 129 Å². The number of nitrogens with one attached hydrogen (secondary N) is 1. The molecule has 0 saturated carbocycles. The van der Waals surface area contributed by atoms with Gasteiger partial charge in [0, 0.05) is 10.5 Å². The summed E-state index contributed by atoms with van der Waals surface area (Å²) < 4.78 is 6.95. The molecule has 0 aromatic heterocycles. The largest absolute Gasteiger partial charge is 0.489 e. The van der Waals surface area contributed by atoms with Crippen molar-refractivity contribution >= 4 is 21.6 Å². The Bertz CT molecular complexity index is 568. The van der Waals surface area contributed by atoms with Crippen LogP contribution in [0.1, 0.15) is 32.4 Å². The predicted octanol–water partition coefficient (Wildman–Crippen LogP) is 5.41. The Balaban J connectivity index is 2.20. The lowest BCUT2D eigenvalue weighted by atomic mass is 10.1. The number of rotatable bonds is 5. The van der Waals surface area contributed by atoms with Crippen molar-refractivity contribution in [1.29, 1.82) is 0 Å². The highest BCUT2D eigenvalue weighted by molar-refractivity contribution is 9.10. The summed E-state index contributed by atoms with van der Waals surface area (Å²) in [5, 5.41) is 3.52. The van der Waals surface area contributed by atoms with E-state index in [9.17, 15) is 0 Å². The molecule has 0 spiro atoms. The number of hydrogen-bond donors (Lipinski definition) is 1. The van der Waals surface area contributed by atoms with Crippen molar-refractivity contribution in [3.05, 3.63) is 58.6 Å². The normalized spacial score (nSPS) is 12.2. The Kier molecular flexibility index (Phi) is 5.07. The van der Waals surface area contributed by atoms with Crippen molar-refractivity contribution in [3.8, 4) is 5.75 Å². The highest BCUT2D eigenvalue weighted by Crippen LogP contribution is 2.31. The number of para-hydroxylation sites is 2. The zero-order chi connectivity index (χ0) is 14.5. The fourth-order valence-electron chi connectivity index (χ4n) is 2.08. The zero-order valence-corrected chi connectivity index (χ0v) is 13.6. The summed E-state index contributed by atoms with van der Waals surface area (Å²) in [6, 6.07) is 16.5. The van der Waals surface area contributed by atoms with Crippen molar-refractivity contribution in [2.75, 3.05) is 5.32 Å². The van der Waals surface area contributed by atoms with Gasteiger partial charge in [0.1, 0.15) is 5.75 Å². The van der Waals surface area contributed by atoms with Crippen LogP contribution >= 0.6 is 15.9 Å². The summed E-state index contributed by atoms with van der Waals surface area (Å²) in [5.74, 6) is 0.890. The molecule has 0 aliphatic rings. The molecule has 1 atom stereocenters. The van der Waals surface area contributed by atoms with Crippen molar-refractivity contribution in [3.63, 3.8) is 0 Å². The van der Waals surface area contributed by atoms with Gasteiger partial charge in [0.15, 0.2) is 0 Å². The van der Waals surface area contributed by atoms with E-state index in [2.05, 4.69) is 46.4 Å². The second kappa shape index (κ2) is 6.80.